The van der Waals surface area contributed by atoms with Crippen LogP contribution in [0.2, 0.25) is 5.15 Å². The molecule has 0 saturated heterocycles. The third kappa shape index (κ3) is 3.21. The number of nitrogens with zero attached hydrogens (tertiary/aromatic N) is 1. The van der Waals surface area contributed by atoms with Gasteiger partial charge >= 0.3 is 0 Å². The Balaban J connectivity index is 2.13. The number of anilines is 1. The van der Waals surface area contributed by atoms with Crippen molar-refractivity contribution in [1.29, 1.82) is 0 Å². The summed E-state index contributed by atoms with van der Waals surface area (Å²) < 4.78 is 14.4. The first-order valence-corrected chi connectivity index (χ1v) is 6.53. The fourth-order valence-corrected chi connectivity index (χ4v) is 2.20. The second-order valence-corrected chi connectivity index (χ2v) is 5.21. The number of rotatable bonds is 3. The minimum Gasteiger partial charge on any atom is -0.379 e. The van der Waals surface area contributed by atoms with Gasteiger partial charge in [0, 0.05) is 16.6 Å². The highest BCUT2D eigenvalue weighted by Crippen LogP contribution is 2.20. The quantitative estimate of drug-likeness (QED) is 0.835. The molecule has 0 bridgehead atoms. The van der Waals surface area contributed by atoms with Gasteiger partial charge in [-0.05, 0) is 36.8 Å². The van der Waals surface area contributed by atoms with Crippen LogP contribution in [0, 0.1) is 12.7 Å². The molecule has 2 nitrogen and oxygen atoms in total. The van der Waals surface area contributed by atoms with Crippen molar-refractivity contribution in [3.05, 3.63) is 57.0 Å². The predicted molar refractivity (Wildman–Crippen MR) is 75.4 cm³/mol. The van der Waals surface area contributed by atoms with E-state index in [0.717, 1.165) is 15.7 Å². The standard InChI is InChI=1S/C13H11BrClFN2/c1-8-4-13(15)18-7-12(8)17-6-9-5-10(14)2-3-11(9)16/h2-5,7,17H,6H2,1H3. The molecule has 0 radical (unpaired) electrons. The topological polar surface area (TPSA) is 24.9 Å². The van der Waals surface area contributed by atoms with Gasteiger partial charge in [-0.1, -0.05) is 27.5 Å². The molecule has 2 aromatic rings. The van der Waals surface area contributed by atoms with Crippen molar-refractivity contribution in [2.24, 2.45) is 0 Å². The molecule has 1 N–H and O–H groups in total. The molecule has 2 rings (SSSR count). The Kier molecular flexibility index (Phi) is 4.19. The second-order valence-electron chi connectivity index (χ2n) is 3.91. The van der Waals surface area contributed by atoms with Crippen molar-refractivity contribution in [2.45, 2.75) is 13.5 Å². The van der Waals surface area contributed by atoms with E-state index in [-0.39, 0.29) is 5.82 Å². The van der Waals surface area contributed by atoms with Crippen LogP contribution in [0.4, 0.5) is 10.1 Å². The lowest BCUT2D eigenvalue weighted by Gasteiger charge is -2.10. The van der Waals surface area contributed by atoms with Gasteiger partial charge in [-0.15, -0.1) is 0 Å². The maximum atomic E-state index is 13.5. The van der Waals surface area contributed by atoms with Gasteiger partial charge in [0.15, 0.2) is 0 Å². The lowest BCUT2D eigenvalue weighted by molar-refractivity contribution is 0.612. The van der Waals surface area contributed by atoms with Crippen LogP contribution in [0.15, 0.2) is 34.9 Å². The highest BCUT2D eigenvalue weighted by atomic mass is 79.9. The van der Waals surface area contributed by atoms with Gasteiger partial charge in [-0.3, -0.25) is 0 Å². The second kappa shape index (κ2) is 5.67. The zero-order valence-corrected chi connectivity index (χ0v) is 12.0. The molecule has 1 aromatic heterocycles. The summed E-state index contributed by atoms with van der Waals surface area (Å²) >= 11 is 9.10. The highest BCUT2D eigenvalue weighted by molar-refractivity contribution is 9.10. The van der Waals surface area contributed by atoms with Gasteiger partial charge < -0.3 is 5.32 Å². The van der Waals surface area contributed by atoms with Crippen molar-refractivity contribution in [3.63, 3.8) is 0 Å². The van der Waals surface area contributed by atoms with E-state index in [4.69, 9.17) is 11.6 Å². The molecular formula is C13H11BrClFN2. The molecule has 0 spiro atoms. The van der Waals surface area contributed by atoms with E-state index >= 15 is 0 Å². The van der Waals surface area contributed by atoms with Crippen molar-refractivity contribution in [2.75, 3.05) is 5.32 Å². The van der Waals surface area contributed by atoms with Crippen LogP contribution >= 0.6 is 27.5 Å². The van der Waals surface area contributed by atoms with Crippen LogP contribution in [0.5, 0.6) is 0 Å². The third-order valence-electron chi connectivity index (χ3n) is 2.55. The van der Waals surface area contributed by atoms with E-state index in [1.165, 1.54) is 6.07 Å². The summed E-state index contributed by atoms with van der Waals surface area (Å²) in [6, 6.07) is 6.63. The third-order valence-corrected chi connectivity index (χ3v) is 3.25. The SMILES string of the molecule is Cc1cc(Cl)ncc1NCc1cc(Br)ccc1F. The number of aryl methyl sites for hydroxylation is 1. The van der Waals surface area contributed by atoms with Crippen LogP contribution in [0.25, 0.3) is 0 Å². The first kappa shape index (κ1) is 13.3. The molecule has 18 heavy (non-hydrogen) atoms. The average Bonchev–Trinajstić information content (AvgIpc) is 2.32. The summed E-state index contributed by atoms with van der Waals surface area (Å²) in [5.41, 5.74) is 2.42. The molecule has 0 aliphatic carbocycles. The Hall–Kier alpha value is -1.13. The normalized spacial score (nSPS) is 10.4. The smallest absolute Gasteiger partial charge is 0.129 e. The van der Waals surface area contributed by atoms with E-state index in [0.29, 0.717) is 17.3 Å². The molecule has 1 aromatic carbocycles. The van der Waals surface area contributed by atoms with E-state index in [1.807, 2.05) is 6.92 Å². The summed E-state index contributed by atoms with van der Waals surface area (Å²) in [4.78, 5) is 3.99. The molecule has 0 aliphatic heterocycles. The highest BCUT2D eigenvalue weighted by Gasteiger charge is 2.04. The van der Waals surface area contributed by atoms with E-state index < -0.39 is 0 Å². The van der Waals surface area contributed by atoms with Crippen molar-refractivity contribution >= 4 is 33.2 Å². The van der Waals surface area contributed by atoms with Crippen molar-refractivity contribution in [3.8, 4) is 0 Å². The molecule has 0 amide bonds. The number of nitrogens with one attached hydrogen (secondary N) is 1. The summed E-state index contributed by atoms with van der Waals surface area (Å²) in [7, 11) is 0. The molecule has 5 heteroatoms. The lowest BCUT2D eigenvalue weighted by Crippen LogP contribution is -2.03. The van der Waals surface area contributed by atoms with Crippen molar-refractivity contribution in [1.82, 2.24) is 4.98 Å². The fourth-order valence-electron chi connectivity index (χ4n) is 1.58. The number of pyridine rings is 1. The minimum atomic E-state index is -0.231. The van der Waals surface area contributed by atoms with Gasteiger partial charge in [0.25, 0.3) is 0 Å². The fraction of sp³-hybridized carbons (Fsp3) is 0.154. The van der Waals surface area contributed by atoms with Gasteiger partial charge in [0.05, 0.1) is 11.9 Å². The van der Waals surface area contributed by atoms with Crippen LogP contribution < -0.4 is 5.32 Å². The molecule has 94 valence electrons. The zero-order valence-electron chi connectivity index (χ0n) is 9.67. The molecular weight excluding hydrogens is 319 g/mol. The Morgan fingerprint density at radius 1 is 1.39 bits per heavy atom. The van der Waals surface area contributed by atoms with E-state index in [2.05, 4.69) is 26.2 Å². The summed E-state index contributed by atoms with van der Waals surface area (Å²) in [5, 5.41) is 3.59. The zero-order chi connectivity index (χ0) is 13.1. The molecule has 1 heterocycles. The summed E-state index contributed by atoms with van der Waals surface area (Å²) in [6.07, 6.45) is 1.65. The predicted octanol–water partition coefficient (Wildman–Crippen LogP) is 4.56. The lowest BCUT2D eigenvalue weighted by atomic mass is 10.2. The Bertz CT molecular complexity index is 575. The monoisotopic (exact) mass is 328 g/mol. The first-order valence-electron chi connectivity index (χ1n) is 5.36. The van der Waals surface area contributed by atoms with Gasteiger partial charge in [0.2, 0.25) is 0 Å². The molecule has 0 saturated carbocycles. The maximum absolute atomic E-state index is 13.5. The van der Waals surface area contributed by atoms with Gasteiger partial charge in [0.1, 0.15) is 11.0 Å². The first-order chi connectivity index (χ1) is 8.56. The Morgan fingerprint density at radius 3 is 2.89 bits per heavy atom. The maximum Gasteiger partial charge on any atom is 0.129 e. The van der Waals surface area contributed by atoms with Gasteiger partial charge in [-0.2, -0.15) is 0 Å². The number of halogens is 3. The van der Waals surface area contributed by atoms with E-state index in [1.54, 1.807) is 24.4 Å². The van der Waals surface area contributed by atoms with Crippen LogP contribution in [0.3, 0.4) is 0 Å². The summed E-state index contributed by atoms with van der Waals surface area (Å²) in [5.74, 6) is -0.231. The minimum absolute atomic E-state index is 0.231. The number of hydrogen-bond donors (Lipinski definition) is 1. The Morgan fingerprint density at radius 2 is 2.17 bits per heavy atom. The van der Waals surface area contributed by atoms with Crippen LogP contribution in [-0.2, 0) is 6.54 Å². The molecule has 0 fully saturated rings. The summed E-state index contributed by atoms with van der Waals surface area (Å²) in [6.45, 7) is 2.32. The number of benzene rings is 1. The van der Waals surface area contributed by atoms with E-state index in [9.17, 15) is 4.39 Å². The number of aromatic nitrogens is 1. The van der Waals surface area contributed by atoms with Crippen LogP contribution in [0.1, 0.15) is 11.1 Å². The molecule has 0 aliphatic rings. The molecule has 0 atom stereocenters. The average molecular weight is 330 g/mol. The number of hydrogen-bond acceptors (Lipinski definition) is 2. The largest absolute Gasteiger partial charge is 0.379 e. The molecule has 0 unspecified atom stereocenters. The Labute approximate surface area is 118 Å². The van der Waals surface area contributed by atoms with Crippen LogP contribution in [-0.4, -0.2) is 4.98 Å². The van der Waals surface area contributed by atoms with Crippen molar-refractivity contribution < 1.29 is 4.39 Å². The van der Waals surface area contributed by atoms with Gasteiger partial charge in [-0.25, -0.2) is 9.37 Å².